The first-order valence-corrected chi connectivity index (χ1v) is 9.76. The highest BCUT2D eigenvalue weighted by Crippen LogP contribution is 2.21. The van der Waals surface area contributed by atoms with Crippen LogP contribution < -0.4 is 15.1 Å². The standard InChI is InChI=1S/C20H25FN6O/c1-15-16(21)5-4-6-17(15)23-20(28)27-13-11-25(12-14-27)18-7-8-22-19(24-18)26-9-2-3-10-26/h4-8H,2-3,9-14H2,1H3,(H,23,28). The molecule has 2 aromatic rings. The highest BCUT2D eigenvalue weighted by molar-refractivity contribution is 5.90. The average molecular weight is 384 g/mol. The Morgan fingerprint density at radius 1 is 1.04 bits per heavy atom. The summed E-state index contributed by atoms with van der Waals surface area (Å²) in [4.78, 5) is 27.8. The second-order valence-corrected chi connectivity index (χ2v) is 7.23. The van der Waals surface area contributed by atoms with Gasteiger partial charge in [0.25, 0.3) is 0 Å². The Morgan fingerprint density at radius 2 is 1.79 bits per heavy atom. The molecule has 0 spiro atoms. The predicted octanol–water partition coefficient (Wildman–Crippen LogP) is 2.88. The highest BCUT2D eigenvalue weighted by Gasteiger charge is 2.23. The SMILES string of the molecule is Cc1c(F)cccc1NC(=O)N1CCN(c2ccnc(N3CCCC3)n2)CC1. The number of nitrogens with one attached hydrogen (secondary N) is 1. The molecule has 8 heteroatoms. The lowest BCUT2D eigenvalue weighted by Gasteiger charge is -2.35. The minimum Gasteiger partial charge on any atom is -0.353 e. The van der Waals surface area contributed by atoms with E-state index in [-0.39, 0.29) is 11.8 Å². The Kier molecular flexibility index (Phi) is 5.27. The van der Waals surface area contributed by atoms with Gasteiger partial charge in [0, 0.05) is 56.7 Å². The molecular formula is C20H25FN6O. The number of amides is 2. The lowest BCUT2D eigenvalue weighted by atomic mass is 10.2. The smallest absolute Gasteiger partial charge is 0.321 e. The number of hydrogen-bond donors (Lipinski definition) is 1. The molecule has 148 valence electrons. The summed E-state index contributed by atoms with van der Waals surface area (Å²) in [6.45, 7) is 6.26. The number of aromatic nitrogens is 2. The molecule has 0 unspecified atom stereocenters. The number of anilines is 3. The molecule has 1 N–H and O–H groups in total. The summed E-state index contributed by atoms with van der Waals surface area (Å²) in [5.74, 6) is 1.37. The summed E-state index contributed by atoms with van der Waals surface area (Å²) in [5.41, 5.74) is 0.961. The van der Waals surface area contributed by atoms with E-state index in [0.717, 1.165) is 24.9 Å². The van der Waals surface area contributed by atoms with Crippen LogP contribution in [0.5, 0.6) is 0 Å². The van der Waals surface area contributed by atoms with Crippen LogP contribution in [0.3, 0.4) is 0 Å². The van der Waals surface area contributed by atoms with Crippen LogP contribution in [-0.2, 0) is 0 Å². The minimum absolute atomic E-state index is 0.200. The summed E-state index contributed by atoms with van der Waals surface area (Å²) in [7, 11) is 0. The second-order valence-electron chi connectivity index (χ2n) is 7.23. The van der Waals surface area contributed by atoms with Crippen LogP contribution in [0.1, 0.15) is 18.4 Å². The van der Waals surface area contributed by atoms with Gasteiger partial charge in [0.2, 0.25) is 5.95 Å². The predicted molar refractivity (Wildman–Crippen MR) is 107 cm³/mol. The van der Waals surface area contributed by atoms with Gasteiger partial charge in [-0.05, 0) is 38.0 Å². The molecule has 3 heterocycles. The van der Waals surface area contributed by atoms with Gasteiger partial charge in [0.05, 0.1) is 0 Å². The molecule has 0 atom stereocenters. The van der Waals surface area contributed by atoms with Crippen molar-refractivity contribution in [1.82, 2.24) is 14.9 Å². The zero-order valence-corrected chi connectivity index (χ0v) is 16.1. The Morgan fingerprint density at radius 3 is 2.54 bits per heavy atom. The molecule has 0 bridgehead atoms. The molecule has 1 aromatic carbocycles. The number of hydrogen-bond acceptors (Lipinski definition) is 5. The topological polar surface area (TPSA) is 64.6 Å². The molecule has 7 nitrogen and oxygen atoms in total. The number of carbonyl (C=O) groups excluding carboxylic acids is 1. The van der Waals surface area contributed by atoms with Gasteiger partial charge in [-0.25, -0.2) is 14.2 Å². The molecule has 0 saturated carbocycles. The van der Waals surface area contributed by atoms with Gasteiger partial charge in [-0.15, -0.1) is 0 Å². The van der Waals surface area contributed by atoms with Crippen molar-refractivity contribution in [2.75, 3.05) is 54.4 Å². The van der Waals surface area contributed by atoms with Crippen molar-refractivity contribution in [3.63, 3.8) is 0 Å². The van der Waals surface area contributed by atoms with E-state index in [9.17, 15) is 9.18 Å². The van der Waals surface area contributed by atoms with E-state index in [0.29, 0.717) is 37.4 Å². The Labute approximate surface area is 164 Å². The maximum absolute atomic E-state index is 13.7. The van der Waals surface area contributed by atoms with Crippen LogP contribution in [0.2, 0.25) is 0 Å². The number of piperazine rings is 1. The maximum Gasteiger partial charge on any atom is 0.321 e. The van der Waals surface area contributed by atoms with E-state index in [2.05, 4.69) is 20.1 Å². The van der Waals surface area contributed by atoms with Gasteiger partial charge in [-0.1, -0.05) is 6.07 Å². The molecule has 4 rings (SSSR count). The number of benzene rings is 1. The molecule has 2 aliphatic heterocycles. The Balaban J connectivity index is 1.36. The zero-order chi connectivity index (χ0) is 19.5. The van der Waals surface area contributed by atoms with E-state index in [1.807, 2.05) is 12.3 Å². The van der Waals surface area contributed by atoms with E-state index in [1.54, 1.807) is 24.0 Å². The quantitative estimate of drug-likeness (QED) is 0.882. The maximum atomic E-state index is 13.7. The van der Waals surface area contributed by atoms with Gasteiger partial charge < -0.3 is 20.0 Å². The first-order valence-electron chi connectivity index (χ1n) is 9.76. The van der Waals surface area contributed by atoms with E-state index >= 15 is 0 Å². The summed E-state index contributed by atoms with van der Waals surface area (Å²) < 4.78 is 13.7. The lowest BCUT2D eigenvalue weighted by Crippen LogP contribution is -2.50. The van der Waals surface area contributed by atoms with Crippen LogP contribution in [0.25, 0.3) is 0 Å². The molecule has 2 amide bonds. The molecule has 2 saturated heterocycles. The normalized spacial score (nSPS) is 17.1. The lowest BCUT2D eigenvalue weighted by molar-refractivity contribution is 0.208. The molecule has 1 aromatic heterocycles. The van der Waals surface area contributed by atoms with Crippen molar-refractivity contribution in [3.05, 3.63) is 41.8 Å². The molecule has 28 heavy (non-hydrogen) atoms. The fourth-order valence-electron chi connectivity index (χ4n) is 3.66. The first kappa shape index (κ1) is 18.5. The van der Waals surface area contributed by atoms with Crippen LogP contribution >= 0.6 is 0 Å². The summed E-state index contributed by atoms with van der Waals surface area (Å²) in [6, 6.07) is 6.43. The monoisotopic (exact) mass is 384 g/mol. The van der Waals surface area contributed by atoms with Crippen LogP contribution in [0.4, 0.5) is 26.6 Å². The van der Waals surface area contributed by atoms with Crippen molar-refractivity contribution in [2.45, 2.75) is 19.8 Å². The number of halogens is 1. The Hall–Kier alpha value is -2.90. The van der Waals surface area contributed by atoms with Gasteiger partial charge in [-0.3, -0.25) is 0 Å². The third-order valence-electron chi connectivity index (χ3n) is 5.42. The van der Waals surface area contributed by atoms with Crippen LogP contribution in [0, 0.1) is 12.7 Å². The van der Waals surface area contributed by atoms with Gasteiger partial charge >= 0.3 is 6.03 Å². The van der Waals surface area contributed by atoms with E-state index in [4.69, 9.17) is 4.98 Å². The fraction of sp³-hybridized carbons (Fsp3) is 0.450. The molecule has 2 fully saturated rings. The Bertz CT molecular complexity index is 846. The third kappa shape index (κ3) is 3.85. The fourth-order valence-corrected chi connectivity index (χ4v) is 3.66. The van der Waals surface area contributed by atoms with Crippen molar-refractivity contribution in [3.8, 4) is 0 Å². The largest absolute Gasteiger partial charge is 0.353 e. The van der Waals surface area contributed by atoms with Gasteiger partial charge in [0.15, 0.2) is 0 Å². The summed E-state index contributed by atoms with van der Waals surface area (Å²) in [6.07, 6.45) is 4.18. The second kappa shape index (κ2) is 8.00. The van der Waals surface area contributed by atoms with Gasteiger partial charge in [-0.2, -0.15) is 4.98 Å². The van der Waals surface area contributed by atoms with Crippen molar-refractivity contribution >= 4 is 23.5 Å². The molecular weight excluding hydrogens is 359 g/mol. The van der Waals surface area contributed by atoms with Gasteiger partial charge in [0.1, 0.15) is 11.6 Å². The number of nitrogens with zero attached hydrogens (tertiary/aromatic N) is 5. The van der Waals surface area contributed by atoms with Crippen molar-refractivity contribution < 1.29 is 9.18 Å². The molecule has 0 aliphatic carbocycles. The van der Waals surface area contributed by atoms with Crippen molar-refractivity contribution in [2.24, 2.45) is 0 Å². The zero-order valence-electron chi connectivity index (χ0n) is 16.1. The molecule has 0 radical (unpaired) electrons. The minimum atomic E-state index is -0.319. The first-order chi connectivity index (χ1) is 13.6. The van der Waals surface area contributed by atoms with E-state index < -0.39 is 0 Å². The average Bonchev–Trinajstić information content (AvgIpc) is 3.27. The van der Waals surface area contributed by atoms with E-state index in [1.165, 1.54) is 18.9 Å². The number of urea groups is 1. The summed E-state index contributed by atoms with van der Waals surface area (Å²) in [5, 5.41) is 2.82. The third-order valence-corrected chi connectivity index (χ3v) is 5.42. The van der Waals surface area contributed by atoms with Crippen LogP contribution in [-0.4, -0.2) is 60.2 Å². The molecule has 2 aliphatic rings. The number of carbonyl (C=O) groups is 1. The summed E-state index contributed by atoms with van der Waals surface area (Å²) >= 11 is 0. The highest BCUT2D eigenvalue weighted by atomic mass is 19.1. The number of rotatable bonds is 3. The van der Waals surface area contributed by atoms with Crippen molar-refractivity contribution in [1.29, 1.82) is 0 Å². The van der Waals surface area contributed by atoms with Crippen LogP contribution in [0.15, 0.2) is 30.5 Å².